The van der Waals surface area contributed by atoms with Crippen molar-refractivity contribution in [1.29, 1.82) is 0 Å². The van der Waals surface area contributed by atoms with Crippen LogP contribution in [0.2, 0.25) is 0 Å². The molecular weight excluding hydrogens is 355 g/mol. The Balaban J connectivity index is 1.65. The van der Waals surface area contributed by atoms with Gasteiger partial charge < -0.3 is 0 Å². The van der Waals surface area contributed by atoms with E-state index in [0.29, 0.717) is 17.7 Å². The van der Waals surface area contributed by atoms with Crippen molar-refractivity contribution in [3.63, 3.8) is 0 Å². The number of nitrogens with zero attached hydrogens (tertiary/aromatic N) is 2. The molecule has 0 aliphatic rings. The molecule has 4 rings (SSSR count). The van der Waals surface area contributed by atoms with Gasteiger partial charge in [-0.05, 0) is 48.0 Å². The van der Waals surface area contributed by atoms with Gasteiger partial charge in [0.25, 0.3) is 5.56 Å². The quantitative estimate of drug-likeness (QED) is 0.496. The number of hydrogen-bond donors (Lipinski definition) is 0. The first kappa shape index (κ1) is 17.7. The lowest BCUT2D eigenvalue weighted by molar-refractivity contribution is 0.103. The first-order chi connectivity index (χ1) is 13.6. The number of benzene rings is 3. The van der Waals surface area contributed by atoms with Crippen molar-refractivity contribution in [3.8, 4) is 5.69 Å². The van der Waals surface area contributed by atoms with Crippen LogP contribution in [0.5, 0.6) is 0 Å². The average molecular weight is 372 g/mol. The summed E-state index contributed by atoms with van der Waals surface area (Å²) in [6, 6.07) is 23.7. The molecule has 0 amide bonds. The van der Waals surface area contributed by atoms with Gasteiger partial charge in [-0.2, -0.15) is 0 Å². The topological polar surface area (TPSA) is 44.0 Å². The zero-order valence-electron chi connectivity index (χ0n) is 15.0. The predicted octanol–water partition coefficient (Wildman–Crippen LogP) is 4.06. The van der Waals surface area contributed by atoms with Crippen LogP contribution >= 0.6 is 0 Å². The maximum atomic E-state index is 13.1. The van der Waals surface area contributed by atoms with Gasteiger partial charge >= 0.3 is 0 Å². The fraction of sp³-hybridized carbons (Fsp3) is 0.0435. The molecule has 0 aliphatic carbocycles. The van der Waals surface area contributed by atoms with Crippen LogP contribution in [-0.2, 0) is 6.54 Å². The molecule has 0 saturated heterocycles. The molecule has 0 spiro atoms. The van der Waals surface area contributed by atoms with E-state index < -0.39 is 0 Å². The van der Waals surface area contributed by atoms with Crippen molar-refractivity contribution in [2.75, 3.05) is 0 Å². The monoisotopic (exact) mass is 372 g/mol. The minimum absolute atomic E-state index is 0.126. The lowest BCUT2D eigenvalue weighted by Gasteiger charge is -2.12. The molecule has 0 aliphatic heterocycles. The Labute approximate surface area is 161 Å². The molecule has 28 heavy (non-hydrogen) atoms. The highest BCUT2D eigenvalue weighted by molar-refractivity contribution is 6.09. The van der Waals surface area contributed by atoms with Crippen LogP contribution in [0.15, 0.2) is 95.9 Å². The summed E-state index contributed by atoms with van der Waals surface area (Å²) in [6.45, 7) is 0.325. The summed E-state index contributed by atoms with van der Waals surface area (Å²) in [6.07, 6.45) is 1.73. The molecule has 1 aromatic heterocycles. The highest BCUT2D eigenvalue weighted by atomic mass is 19.1. The lowest BCUT2D eigenvalue weighted by Crippen LogP contribution is -2.22. The standard InChI is InChI=1S/C23H17FN2O2/c24-20-11-9-18(10-12-20)23(28)19-6-4-5-17(15-19)16-26-22(27)13-14-25(26)21-7-2-1-3-8-21/h1-15H,16H2. The molecule has 5 heteroatoms. The van der Waals surface area contributed by atoms with Gasteiger partial charge in [0.15, 0.2) is 5.78 Å². The Kier molecular flexibility index (Phi) is 4.72. The van der Waals surface area contributed by atoms with Gasteiger partial charge in [-0.1, -0.05) is 36.4 Å². The summed E-state index contributed by atoms with van der Waals surface area (Å²) in [5, 5.41) is 0. The third-order valence-electron chi connectivity index (χ3n) is 4.52. The van der Waals surface area contributed by atoms with Crippen molar-refractivity contribution in [2.24, 2.45) is 0 Å². The number of hydrogen-bond acceptors (Lipinski definition) is 2. The van der Waals surface area contributed by atoms with E-state index in [1.54, 1.807) is 33.8 Å². The smallest absolute Gasteiger partial charge is 0.267 e. The van der Waals surface area contributed by atoms with Crippen LogP contribution in [0.4, 0.5) is 4.39 Å². The molecule has 0 radical (unpaired) electrons. The third-order valence-corrected chi connectivity index (χ3v) is 4.52. The first-order valence-corrected chi connectivity index (χ1v) is 8.85. The third kappa shape index (κ3) is 3.55. The fourth-order valence-electron chi connectivity index (χ4n) is 3.12. The molecule has 0 fully saturated rings. The second-order valence-corrected chi connectivity index (χ2v) is 6.43. The van der Waals surface area contributed by atoms with Crippen molar-refractivity contribution in [2.45, 2.75) is 6.54 Å². The highest BCUT2D eigenvalue weighted by Crippen LogP contribution is 2.14. The van der Waals surface area contributed by atoms with Gasteiger partial charge in [0.1, 0.15) is 5.82 Å². The Morgan fingerprint density at radius 2 is 1.57 bits per heavy atom. The van der Waals surface area contributed by atoms with Crippen molar-refractivity contribution in [1.82, 2.24) is 9.36 Å². The highest BCUT2D eigenvalue weighted by Gasteiger charge is 2.11. The SMILES string of the molecule is O=C(c1ccc(F)cc1)c1cccc(Cn2c(=O)ccn2-c2ccccc2)c1. The Hall–Kier alpha value is -3.73. The molecule has 4 nitrogen and oxygen atoms in total. The number of carbonyl (C=O) groups excluding carboxylic acids is 1. The Bertz CT molecular complexity index is 1180. The summed E-state index contributed by atoms with van der Waals surface area (Å²) >= 11 is 0. The molecule has 0 bridgehead atoms. The fourth-order valence-corrected chi connectivity index (χ4v) is 3.12. The zero-order chi connectivity index (χ0) is 19.5. The van der Waals surface area contributed by atoms with E-state index in [2.05, 4.69) is 0 Å². The van der Waals surface area contributed by atoms with Crippen LogP contribution in [0.3, 0.4) is 0 Å². The van der Waals surface area contributed by atoms with Crippen molar-refractivity contribution < 1.29 is 9.18 Å². The number of ketones is 1. The number of halogens is 1. The number of para-hydroxylation sites is 1. The van der Waals surface area contributed by atoms with Crippen LogP contribution in [0.1, 0.15) is 21.5 Å². The summed E-state index contributed by atoms with van der Waals surface area (Å²) in [5.41, 5.74) is 2.49. The van der Waals surface area contributed by atoms with Crippen LogP contribution in [0.25, 0.3) is 5.69 Å². The zero-order valence-corrected chi connectivity index (χ0v) is 15.0. The molecule has 138 valence electrons. The van der Waals surface area contributed by atoms with Gasteiger partial charge in [0.05, 0.1) is 12.2 Å². The number of rotatable bonds is 5. The molecule has 0 unspecified atom stereocenters. The lowest BCUT2D eigenvalue weighted by atomic mass is 10.0. The van der Waals surface area contributed by atoms with Crippen LogP contribution < -0.4 is 5.56 Å². The van der Waals surface area contributed by atoms with Gasteiger partial charge in [-0.25, -0.2) is 9.07 Å². The minimum Gasteiger partial charge on any atom is -0.289 e. The molecule has 3 aromatic carbocycles. The van der Waals surface area contributed by atoms with Crippen LogP contribution in [0, 0.1) is 5.82 Å². The Morgan fingerprint density at radius 3 is 2.32 bits per heavy atom. The molecule has 0 atom stereocenters. The van der Waals surface area contributed by atoms with Gasteiger partial charge in [-0.15, -0.1) is 0 Å². The van der Waals surface area contributed by atoms with E-state index in [1.165, 1.54) is 30.3 Å². The minimum atomic E-state index is -0.383. The Morgan fingerprint density at radius 1 is 0.821 bits per heavy atom. The summed E-state index contributed by atoms with van der Waals surface area (Å²) in [4.78, 5) is 25.0. The van der Waals surface area contributed by atoms with E-state index in [-0.39, 0.29) is 17.2 Å². The largest absolute Gasteiger partial charge is 0.289 e. The van der Waals surface area contributed by atoms with Gasteiger partial charge in [-0.3, -0.25) is 14.3 Å². The number of carbonyl (C=O) groups is 1. The predicted molar refractivity (Wildman–Crippen MR) is 105 cm³/mol. The second kappa shape index (κ2) is 7.48. The first-order valence-electron chi connectivity index (χ1n) is 8.85. The maximum absolute atomic E-state index is 13.1. The molecular formula is C23H17FN2O2. The summed E-state index contributed by atoms with van der Waals surface area (Å²) < 4.78 is 16.5. The van der Waals surface area contributed by atoms with E-state index in [9.17, 15) is 14.0 Å². The van der Waals surface area contributed by atoms with Crippen LogP contribution in [-0.4, -0.2) is 15.1 Å². The number of aromatic nitrogens is 2. The maximum Gasteiger partial charge on any atom is 0.267 e. The second-order valence-electron chi connectivity index (χ2n) is 6.43. The summed E-state index contributed by atoms with van der Waals surface area (Å²) in [5.74, 6) is -0.570. The molecule has 4 aromatic rings. The summed E-state index contributed by atoms with van der Waals surface area (Å²) in [7, 11) is 0. The van der Waals surface area contributed by atoms with E-state index in [1.807, 2.05) is 36.4 Å². The van der Waals surface area contributed by atoms with Crippen molar-refractivity contribution in [3.05, 3.63) is 124 Å². The molecule has 0 N–H and O–H groups in total. The van der Waals surface area contributed by atoms with Gasteiger partial charge in [0.2, 0.25) is 0 Å². The molecule has 1 heterocycles. The normalized spacial score (nSPS) is 10.8. The van der Waals surface area contributed by atoms with E-state index >= 15 is 0 Å². The van der Waals surface area contributed by atoms with Gasteiger partial charge in [0, 0.05) is 23.4 Å². The van der Waals surface area contributed by atoms with E-state index in [0.717, 1.165) is 11.3 Å². The molecule has 0 saturated carbocycles. The van der Waals surface area contributed by atoms with Crippen molar-refractivity contribution >= 4 is 5.78 Å². The average Bonchev–Trinajstić information content (AvgIpc) is 3.09. The van der Waals surface area contributed by atoms with E-state index in [4.69, 9.17) is 0 Å².